The van der Waals surface area contributed by atoms with Crippen molar-refractivity contribution in [1.82, 2.24) is 44.1 Å². The monoisotopic (exact) mass is 1340 g/mol. The summed E-state index contributed by atoms with van der Waals surface area (Å²) in [4.78, 5) is 21.1. The number of aliphatic hydroxyl groups is 11. The standard InChI is InChI=1S/C11H23NO2.C10H22N2O.C10H21NO.C9H19NO2.C8H18N2.2C8H17NO2.C8H17NO/c1-10(2)7-12-5-3-11(8-13,9-14)4-6-12;1-10(2)9-12-5-3-11(4-6-12)7-8-13;1-9(2)7-11-5-3-10(8-12)4-6-11;1-8(2)3-10-4-9(5-10,6-11)7-12;1-7(2)4-10-5-8(3-9)6-10;2*1-6(2)3-9-4-7(10)8(11)5-9;1-7(2)5-9-4-3-8(10)6-9/h10,13-14H,3-9H2,1-2H3;10,13H,3-9H2,1-2H3;9-10,12H,3-8H2,1-2H3;8,11-12H,3-7H2,1-2H3;7-8H,3-6,9H2,1-2H3;2*6-8,10-11H,3-5H2,1-2H3;7-8,10H,3-6H2,1-2H3/t;;;;;7-,8+;7-,8-;8-/m......01/s1. The van der Waals surface area contributed by atoms with E-state index in [-0.39, 0.29) is 43.4 Å². The molecule has 0 aromatic heterocycles. The number of β-amino-alcohol motifs (C(OH)–C–C–N with tert-alkyl or cyclic N) is 6. The molecule has 0 unspecified atom stereocenters. The van der Waals surface area contributed by atoms with Crippen LogP contribution in [-0.2, 0) is 0 Å². The van der Waals surface area contributed by atoms with Crippen LogP contribution < -0.4 is 5.73 Å². The fourth-order valence-electron chi connectivity index (χ4n) is 13.6. The number of aliphatic hydroxyl groups excluding tert-OH is 11. The van der Waals surface area contributed by atoms with Gasteiger partial charge in [0.25, 0.3) is 0 Å². The van der Waals surface area contributed by atoms with Crippen molar-refractivity contribution in [2.24, 2.45) is 75.7 Å². The lowest BCUT2D eigenvalue weighted by Gasteiger charge is -2.48. The highest BCUT2D eigenvalue weighted by atomic mass is 16.3. The van der Waals surface area contributed by atoms with Crippen LogP contribution in [0.4, 0.5) is 0 Å². The molecular formula is C72H154N10O11. The molecule has 5 atom stereocenters. The van der Waals surface area contributed by atoms with Crippen LogP contribution in [-0.4, -0.2) is 354 Å². The van der Waals surface area contributed by atoms with Gasteiger partial charge in [-0.05, 0) is 124 Å². The Bertz CT molecular complexity index is 1680. The van der Waals surface area contributed by atoms with Gasteiger partial charge in [-0.2, -0.15) is 0 Å². The third-order valence-corrected chi connectivity index (χ3v) is 18.5. The second-order valence-corrected chi connectivity index (χ2v) is 32.8. The van der Waals surface area contributed by atoms with Gasteiger partial charge in [0.05, 0.1) is 63.6 Å². The zero-order valence-electron chi connectivity index (χ0n) is 62.8. The van der Waals surface area contributed by atoms with Crippen LogP contribution >= 0.6 is 0 Å². The first kappa shape index (κ1) is 90.2. The lowest BCUT2D eigenvalue weighted by Crippen LogP contribution is -2.60. The lowest BCUT2D eigenvalue weighted by molar-refractivity contribution is -0.0784. The molecule has 8 fully saturated rings. The SMILES string of the molecule is CC(C)CN1CC(CN)C1.CC(C)CN1CC(CO)(CO)C1.CC(C)CN1CCC(CO)(CO)CC1.CC(C)CN1CCC(CO)CC1.CC(C)CN1CCN(CCO)CC1.CC(C)CN1CC[C@@H](O)C1.CC(C)CN1C[C@@H](O)[C@@H](O)C1.CC(C)CN1C[C@H](O)[C@@H](O)C1. The van der Waals surface area contributed by atoms with Crippen molar-refractivity contribution < 1.29 is 56.2 Å². The van der Waals surface area contributed by atoms with Crippen LogP contribution in [0.5, 0.6) is 0 Å². The molecule has 0 aliphatic carbocycles. The summed E-state index contributed by atoms with van der Waals surface area (Å²) in [7, 11) is 0. The highest BCUT2D eigenvalue weighted by Gasteiger charge is 2.42. The Morgan fingerprint density at radius 1 is 0.323 bits per heavy atom. The number of hydrogen-bond acceptors (Lipinski definition) is 21. The quantitative estimate of drug-likeness (QED) is 0.0662. The number of piperidine rings is 2. The van der Waals surface area contributed by atoms with Crippen LogP contribution in [0.25, 0.3) is 0 Å². The van der Waals surface area contributed by atoms with Gasteiger partial charge in [0.2, 0.25) is 0 Å². The normalized spacial score (nSPS) is 25.5. The van der Waals surface area contributed by atoms with E-state index >= 15 is 0 Å². The van der Waals surface area contributed by atoms with E-state index in [0.717, 1.165) is 160 Å². The fraction of sp³-hybridized carbons (Fsp3) is 1.00. The summed E-state index contributed by atoms with van der Waals surface area (Å²) in [6.07, 6.45) is 2.99. The summed E-state index contributed by atoms with van der Waals surface area (Å²) in [6.45, 7) is 64.7. The Kier molecular flexibility index (Phi) is 48.1. The second-order valence-electron chi connectivity index (χ2n) is 32.8. The minimum absolute atomic E-state index is 0.0567. The van der Waals surface area contributed by atoms with Crippen LogP contribution in [0, 0.1) is 70.0 Å². The summed E-state index contributed by atoms with van der Waals surface area (Å²) in [5.74, 6) is 7.02. The largest absolute Gasteiger partial charge is 0.396 e. The van der Waals surface area contributed by atoms with Gasteiger partial charge in [0.1, 0.15) is 0 Å². The molecule has 0 amide bonds. The van der Waals surface area contributed by atoms with Crippen molar-refractivity contribution in [2.45, 2.75) is 173 Å². The van der Waals surface area contributed by atoms with E-state index in [9.17, 15) is 35.7 Å². The molecule has 0 aromatic carbocycles. The molecule has 0 radical (unpaired) electrons. The van der Waals surface area contributed by atoms with E-state index < -0.39 is 24.4 Å². The van der Waals surface area contributed by atoms with Crippen LogP contribution in [0.2, 0.25) is 0 Å². The Morgan fingerprint density at radius 3 is 0.935 bits per heavy atom. The molecule has 0 saturated carbocycles. The molecule has 21 heteroatoms. The van der Waals surface area contributed by atoms with Crippen LogP contribution in [0.1, 0.15) is 143 Å². The predicted octanol–water partition coefficient (Wildman–Crippen LogP) is 2.84. The third kappa shape index (κ3) is 40.9. The highest BCUT2D eigenvalue weighted by molar-refractivity contribution is 4.94. The molecule has 8 aliphatic heterocycles. The average molecular weight is 1340 g/mol. The summed E-state index contributed by atoms with van der Waals surface area (Å²) < 4.78 is 0. The van der Waals surface area contributed by atoms with Gasteiger partial charge in [0.15, 0.2) is 0 Å². The topological polar surface area (TPSA) is 278 Å². The molecule has 8 rings (SSSR count). The van der Waals surface area contributed by atoms with Gasteiger partial charge in [-0.25, -0.2) is 0 Å². The van der Waals surface area contributed by atoms with E-state index in [2.05, 4.69) is 155 Å². The maximum absolute atomic E-state index is 9.23. The van der Waals surface area contributed by atoms with Crippen molar-refractivity contribution >= 4 is 0 Å². The molecule has 8 heterocycles. The Labute approximate surface area is 570 Å². The predicted molar refractivity (Wildman–Crippen MR) is 383 cm³/mol. The fourth-order valence-corrected chi connectivity index (χ4v) is 13.6. The Hall–Kier alpha value is -0.840. The summed E-state index contributed by atoms with van der Waals surface area (Å²) >= 11 is 0. The van der Waals surface area contributed by atoms with Gasteiger partial charge in [0, 0.05) is 168 Å². The maximum Gasteiger partial charge on any atom is 0.0938 e. The third-order valence-electron chi connectivity index (χ3n) is 18.5. The van der Waals surface area contributed by atoms with E-state index in [1.807, 2.05) is 0 Å². The van der Waals surface area contributed by atoms with Crippen molar-refractivity contribution in [2.75, 3.05) is 223 Å². The minimum Gasteiger partial charge on any atom is -0.396 e. The van der Waals surface area contributed by atoms with Gasteiger partial charge >= 0.3 is 0 Å². The molecule has 0 aromatic rings. The Balaban J connectivity index is 0.000000533. The molecule has 8 saturated heterocycles. The lowest BCUT2D eigenvalue weighted by atomic mass is 9.80. The molecule has 8 aliphatic rings. The second kappa shape index (κ2) is 49.7. The minimum atomic E-state index is -0.534. The smallest absolute Gasteiger partial charge is 0.0938 e. The zero-order chi connectivity index (χ0) is 70.4. The van der Waals surface area contributed by atoms with Crippen molar-refractivity contribution in [1.29, 1.82) is 0 Å². The summed E-state index contributed by atoms with van der Waals surface area (Å²) in [5, 5.41) is 100. The van der Waals surface area contributed by atoms with E-state index in [4.69, 9.17) is 26.2 Å². The van der Waals surface area contributed by atoms with Crippen molar-refractivity contribution in [3.05, 3.63) is 0 Å². The average Bonchev–Trinajstić information content (AvgIpc) is 1.75. The Morgan fingerprint density at radius 2 is 0.624 bits per heavy atom. The molecule has 0 spiro atoms. The van der Waals surface area contributed by atoms with Gasteiger partial charge in [-0.15, -0.1) is 0 Å². The molecule has 13 N–H and O–H groups in total. The zero-order valence-corrected chi connectivity index (χ0v) is 62.8. The first-order valence-electron chi connectivity index (χ1n) is 37.0. The summed E-state index contributed by atoms with van der Waals surface area (Å²) in [6, 6.07) is 0. The maximum atomic E-state index is 9.23. The number of rotatable bonds is 24. The molecule has 21 nitrogen and oxygen atoms in total. The number of nitrogens with zero attached hydrogens (tertiary/aromatic N) is 9. The number of likely N-dealkylation sites (tertiary alicyclic amines) is 7. The summed E-state index contributed by atoms with van der Waals surface area (Å²) in [5.41, 5.74) is 5.10. The van der Waals surface area contributed by atoms with Crippen LogP contribution in [0.3, 0.4) is 0 Å². The molecule has 558 valence electrons. The molecule has 0 bridgehead atoms. The van der Waals surface area contributed by atoms with Gasteiger partial charge < -0.3 is 91.3 Å². The first-order valence-corrected chi connectivity index (χ1v) is 37.0. The van der Waals surface area contributed by atoms with E-state index in [1.165, 1.54) is 58.7 Å². The van der Waals surface area contributed by atoms with Gasteiger partial charge in [-0.1, -0.05) is 111 Å². The molecule has 93 heavy (non-hydrogen) atoms. The number of hydrogen-bond donors (Lipinski definition) is 12. The van der Waals surface area contributed by atoms with Crippen molar-refractivity contribution in [3.63, 3.8) is 0 Å². The number of nitrogens with two attached hydrogens (primary N) is 1. The molecular weight excluding hydrogens is 1180 g/mol. The first-order chi connectivity index (χ1) is 43.8. The number of piperazine rings is 1. The van der Waals surface area contributed by atoms with Gasteiger partial charge in [-0.3, -0.25) is 14.7 Å². The van der Waals surface area contributed by atoms with Crippen LogP contribution in [0.15, 0.2) is 0 Å². The van der Waals surface area contributed by atoms with Crippen molar-refractivity contribution in [3.8, 4) is 0 Å². The van der Waals surface area contributed by atoms with E-state index in [0.29, 0.717) is 69.0 Å². The highest BCUT2D eigenvalue weighted by Crippen LogP contribution is 2.31. The van der Waals surface area contributed by atoms with E-state index in [1.54, 1.807) is 0 Å².